The van der Waals surface area contributed by atoms with E-state index in [9.17, 15) is 0 Å². The van der Waals surface area contributed by atoms with E-state index in [4.69, 9.17) is 15.0 Å². The first-order valence-electron chi connectivity index (χ1n) is 6.21. The van der Waals surface area contributed by atoms with Crippen molar-refractivity contribution in [2.45, 2.75) is 0 Å². The topological polar surface area (TPSA) is 74.2 Å². The molecule has 1 aromatic heterocycles. The third kappa shape index (κ3) is 2.62. The first kappa shape index (κ1) is 13.6. The van der Waals surface area contributed by atoms with Crippen LogP contribution in [0.25, 0.3) is 22.8 Å². The van der Waals surface area contributed by atoms with Crippen molar-refractivity contribution in [1.82, 2.24) is 10.1 Å². The molecular formula is C15H12BrN3O2. The number of aromatic nitrogens is 2. The second-order valence-corrected chi connectivity index (χ2v) is 5.21. The molecule has 21 heavy (non-hydrogen) atoms. The highest BCUT2D eigenvalue weighted by molar-refractivity contribution is 9.10. The molecule has 0 bridgehead atoms. The number of nitrogens with zero attached hydrogens (tertiary/aromatic N) is 2. The molecular weight excluding hydrogens is 334 g/mol. The SMILES string of the molecule is COc1ccccc1-c1noc(-c2ccc(Br)c(N)c2)n1. The van der Waals surface area contributed by atoms with Gasteiger partial charge in [-0.15, -0.1) is 0 Å². The zero-order chi connectivity index (χ0) is 14.8. The summed E-state index contributed by atoms with van der Waals surface area (Å²) in [6.45, 7) is 0. The number of nitrogens with two attached hydrogens (primary N) is 1. The van der Waals surface area contributed by atoms with E-state index >= 15 is 0 Å². The highest BCUT2D eigenvalue weighted by atomic mass is 79.9. The molecule has 3 aromatic rings. The average Bonchev–Trinajstić information content (AvgIpc) is 2.99. The van der Waals surface area contributed by atoms with Crippen LogP contribution in [0.4, 0.5) is 5.69 Å². The van der Waals surface area contributed by atoms with Gasteiger partial charge in [0.05, 0.1) is 12.7 Å². The Kier molecular flexibility index (Phi) is 3.62. The second-order valence-electron chi connectivity index (χ2n) is 4.36. The maximum atomic E-state index is 5.86. The molecule has 0 aliphatic rings. The Labute approximate surface area is 129 Å². The highest BCUT2D eigenvalue weighted by Crippen LogP contribution is 2.30. The molecule has 0 saturated heterocycles. The molecule has 2 N–H and O–H groups in total. The van der Waals surface area contributed by atoms with Gasteiger partial charge in [0, 0.05) is 15.7 Å². The summed E-state index contributed by atoms with van der Waals surface area (Å²) in [5.41, 5.74) is 8.03. The molecule has 0 spiro atoms. The number of ether oxygens (including phenoxy) is 1. The van der Waals surface area contributed by atoms with Crippen LogP contribution in [-0.4, -0.2) is 17.3 Å². The molecule has 0 aliphatic carbocycles. The van der Waals surface area contributed by atoms with Crippen LogP contribution in [0.3, 0.4) is 0 Å². The van der Waals surface area contributed by atoms with Gasteiger partial charge in [-0.2, -0.15) is 4.98 Å². The van der Waals surface area contributed by atoms with Crippen molar-refractivity contribution in [3.8, 4) is 28.6 Å². The van der Waals surface area contributed by atoms with E-state index in [0.717, 1.165) is 15.6 Å². The van der Waals surface area contributed by atoms with Crippen LogP contribution in [0.5, 0.6) is 5.75 Å². The quantitative estimate of drug-likeness (QED) is 0.731. The number of nitrogen functional groups attached to an aromatic ring is 1. The Morgan fingerprint density at radius 3 is 2.76 bits per heavy atom. The lowest BCUT2D eigenvalue weighted by Gasteiger charge is -2.03. The maximum Gasteiger partial charge on any atom is 0.258 e. The molecule has 0 saturated carbocycles. The predicted molar refractivity (Wildman–Crippen MR) is 83.8 cm³/mol. The smallest absolute Gasteiger partial charge is 0.258 e. The predicted octanol–water partition coefficient (Wildman–Crippen LogP) is 3.76. The van der Waals surface area contributed by atoms with Crippen LogP contribution in [0, 0.1) is 0 Å². The van der Waals surface area contributed by atoms with Crippen molar-refractivity contribution in [1.29, 1.82) is 0 Å². The summed E-state index contributed by atoms with van der Waals surface area (Å²) in [5.74, 6) is 1.58. The molecule has 5 nitrogen and oxygen atoms in total. The molecule has 0 unspecified atom stereocenters. The molecule has 0 radical (unpaired) electrons. The van der Waals surface area contributed by atoms with Crippen LogP contribution < -0.4 is 10.5 Å². The lowest BCUT2D eigenvalue weighted by Crippen LogP contribution is -1.89. The van der Waals surface area contributed by atoms with E-state index in [1.54, 1.807) is 13.2 Å². The second kappa shape index (κ2) is 5.57. The molecule has 0 amide bonds. The molecule has 0 fully saturated rings. The molecule has 106 valence electrons. The van der Waals surface area contributed by atoms with Gasteiger partial charge in [0.1, 0.15) is 5.75 Å². The van der Waals surface area contributed by atoms with Crippen molar-refractivity contribution in [2.24, 2.45) is 0 Å². The molecule has 6 heteroatoms. The van der Waals surface area contributed by atoms with Crippen LogP contribution in [0.2, 0.25) is 0 Å². The summed E-state index contributed by atoms with van der Waals surface area (Å²) >= 11 is 3.35. The minimum Gasteiger partial charge on any atom is -0.496 e. The number of rotatable bonds is 3. The number of anilines is 1. The summed E-state index contributed by atoms with van der Waals surface area (Å²) in [7, 11) is 1.61. The Morgan fingerprint density at radius 2 is 2.00 bits per heavy atom. The monoisotopic (exact) mass is 345 g/mol. The maximum absolute atomic E-state index is 5.86. The summed E-state index contributed by atoms with van der Waals surface area (Å²) in [5, 5.41) is 4.00. The van der Waals surface area contributed by atoms with Crippen LogP contribution in [0.1, 0.15) is 0 Å². The standard InChI is InChI=1S/C15H12BrN3O2/c1-20-13-5-3-2-4-10(13)14-18-15(21-19-14)9-6-7-11(16)12(17)8-9/h2-8H,17H2,1H3. The number of hydrogen-bond acceptors (Lipinski definition) is 5. The van der Waals surface area contributed by atoms with Gasteiger partial charge in [-0.25, -0.2) is 0 Å². The van der Waals surface area contributed by atoms with Crippen molar-refractivity contribution in [3.05, 3.63) is 46.9 Å². The largest absolute Gasteiger partial charge is 0.496 e. The van der Waals surface area contributed by atoms with Gasteiger partial charge >= 0.3 is 0 Å². The molecule has 2 aromatic carbocycles. The molecule has 1 heterocycles. The number of para-hydroxylation sites is 1. The van der Waals surface area contributed by atoms with Gasteiger partial charge in [0.15, 0.2) is 0 Å². The van der Waals surface area contributed by atoms with Crippen LogP contribution in [-0.2, 0) is 0 Å². The van der Waals surface area contributed by atoms with Crippen molar-refractivity contribution in [2.75, 3.05) is 12.8 Å². The summed E-state index contributed by atoms with van der Waals surface area (Å²) in [4.78, 5) is 4.40. The van der Waals surface area contributed by atoms with Gasteiger partial charge in [-0.3, -0.25) is 0 Å². The van der Waals surface area contributed by atoms with Gasteiger partial charge in [0.2, 0.25) is 5.82 Å². The van der Waals surface area contributed by atoms with Crippen molar-refractivity contribution < 1.29 is 9.26 Å². The summed E-state index contributed by atoms with van der Waals surface area (Å²) in [6.07, 6.45) is 0. The Balaban J connectivity index is 2.01. The fourth-order valence-corrected chi connectivity index (χ4v) is 2.20. The normalized spacial score (nSPS) is 10.6. The third-order valence-electron chi connectivity index (χ3n) is 3.02. The zero-order valence-corrected chi connectivity index (χ0v) is 12.8. The first-order chi connectivity index (χ1) is 10.2. The van der Waals surface area contributed by atoms with Crippen LogP contribution >= 0.6 is 15.9 Å². The Hall–Kier alpha value is -2.34. The van der Waals surface area contributed by atoms with E-state index < -0.39 is 0 Å². The van der Waals surface area contributed by atoms with Crippen molar-refractivity contribution in [3.63, 3.8) is 0 Å². The molecule has 3 rings (SSSR count). The molecule has 0 aliphatic heterocycles. The van der Waals surface area contributed by atoms with Gasteiger partial charge < -0.3 is 15.0 Å². The lowest BCUT2D eigenvalue weighted by molar-refractivity contribution is 0.413. The van der Waals surface area contributed by atoms with Gasteiger partial charge in [0.25, 0.3) is 5.89 Å². The number of hydrogen-bond donors (Lipinski definition) is 1. The van der Waals surface area contributed by atoms with E-state index in [1.807, 2.05) is 36.4 Å². The summed E-state index contributed by atoms with van der Waals surface area (Å²) in [6, 6.07) is 13.0. The average molecular weight is 346 g/mol. The number of methoxy groups -OCH3 is 1. The minimum atomic E-state index is 0.412. The fourth-order valence-electron chi connectivity index (χ4n) is 1.96. The van der Waals surface area contributed by atoms with Gasteiger partial charge in [-0.1, -0.05) is 17.3 Å². The zero-order valence-electron chi connectivity index (χ0n) is 11.2. The summed E-state index contributed by atoms with van der Waals surface area (Å²) < 4.78 is 11.4. The van der Waals surface area contributed by atoms with E-state index in [1.165, 1.54) is 0 Å². The van der Waals surface area contributed by atoms with Crippen LogP contribution in [0.15, 0.2) is 51.5 Å². The number of benzene rings is 2. The lowest BCUT2D eigenvalue weighted by atomic mass is 10.2. The molecule has 0 atom stereocenters. The Morgan fingerprint density at radius 1 is 1.19 bits per heavy atom. The van der Waals surface area contributed by atoms with Crippen molar-refractivity contribution >= 4 is 21.6 Å². The van der Waals surface area contributed by atoms with E-state index in [0.29, 0.717) is 23.2 Å². The number of halogens is 1. The van der Waals surface area contributed by atoms with E-state index in [2.05, 4.69) is 26.1 Å². The fraction of sp³-hybridized carbons (Fsp3) is 0.0667. The highest BCUT2D eigenvalue weighted by Gasteiger charge is 2.14. The Bertz CT molecular complexity index is 786. The van der Waals surface area contributed by atoms with E-state index in [-0.39, 0.29) is 0 Å². The minimum absolute atomic E-state index is 0.412. The van der Waals surface area contributed by atoms with Gasteiger partial charge in [-0.05, 0) is 46.3 Å². The first-order valence-corrected chi connectivity index (χ1v) is 7.01. The third-order valence-corrected chi connectivity index (χ3v) is 3.74.